The Bertz CT molecular complexity index is 1590. The Morgan fingerprint density at radius 1 is 1.02 bits per heavy atom. The predicted molar refractivity (Wildman–Crippen MR) is 140 cm³/mol. The van der Waals surface area contributed by atoms with Crippen LogP contribution >= 0.6 is 0 Å². The van der Waals surface area contributed by atoms with Gasteiger partial charge in [-0.2, -0.15) is 0 Å². The summed E-state index contributed by atoms with van der Waals surface area (Å²) in [5.41, 5.74) is 2.42. The molecule has 0 radical (unpaired) electrons. The number of carboxylic acids is 1. The van der Waals surface area contributed by atoms with E-state index in [1.807, 2.05) is 0 Å². The van der Waals surface area contributed by atoms with Gasteiger partial charge >= 0.3 is 5.97 Å². The number of amides is 1. The third kappa shape index (κ3) is 3.86. The number of phenolic OH excluding ortho intramolecular Hbond substituents is 1. The molecule has 2 aromatic carbocycles. The summed E-state index contributed by atoms with van der Waals surface area (Å²) in [6, 6.07) is 8.29. The summed E-state index contributed by atoms with van der Waals surface area (Å²) in [6.45, 7) is 0. The number of hydrogen-bond acceptors (Lipinski definition) is 10. The molecule has 2 aromatic rings. The van der Waals surface area contributed by atoms with Crippen molar-refractivity contribution < 1.29 is 49.2 Å². The highest BCUT2D eigenvalue weighted by Gasteiger charge is 2.72. The number of hydrogen-bond donors (Lipinski definition) is 5. The topological polar surface area (TPSA) is 213 Å². The average Bonchev–Trinajstić information content (AvgIpc) is 2.90. The second-order valence-electron chi connectivity index (χ2n) is 10.8. The van der Waals surface area contributed by atoms with Crippen molar-refractivity contribution in [1.29, 1.82) is 0 Å². The van der Waals surface area contributed by atoms with Crippen molar-refractivity contribution in [1.82, 2.24) is 4.90 Å². The average molecular weight is 563 g/mol. The number of fused-ring (bicyclic) bond motifs is 3. The molecule has 3 aliphatic rings. The van der Waals surface area contributed by atoms with Gasteiger partial charge in [0.1, 0.15) is 5.75 Å². The number of benzene rings is 2. The zero-order valence-electron chi connectivity index (χ0n) is 21.8. The molecule has 0 aromatic heterocycles. The van der Waals surface area contributed by atoms with Crippen LogP contribution in [0.15, 0.2) is 42.5 Å². The van der Waals surface area contributed by atoms with Crippen LogP contribution in [0.4, 0.5) is 0 Å². The first-order valence-corrected chi connectivity index (χ1v) is 12.6. The van der Waals surface area contributed by atoms with Gasteiger partial charge in [-0.05, 0) is 49.0 Å². The second-order valence-corrected chi connectivity index (χ2v) is 10.8. The number of carbonyl (C=O) groups excluding carboxylic acids is 5. The van der Waals surface area contributed by atoms with Crippen LogP contribution in [0.3, 0.4) is 0 Å². The normalized spacial score (nSPS) is 32.0. The number of phenols is 1. The van der Waals surface area contributed by atoms with Crippen molar-refractivity contribution in [2.45, 2.75) is 17.7 Å². The van der Waals surface area contributed by atoms with Crippen LogP contribution in [0.25, 0.3) is 11.6 Å². The molecule has 2 fully saturated rings. The molecule has 41 heavy (non-hydrogen) atoms. The molecule has 1 amide bonds. The number of primary amides is 1. The van der Waals surface area contributed by atoms with E-state index in [1.165, 1.54) is 61.5 Å². The smallest absolute Gasteiger partial charge is 0.335 e. The van der Waals surface area contributed by atoms with E-state index in [0.29, 0.717) is 5.56 Å². The van der Waals surface area contributed by atoms with Crippen LogP contribution in [-0.2, 0) is 19.2 Å². The van der Waals surface area contributed by atoms with Crippen molar-refractivity contribution in [3.05, 3.63) is 64.7 Å². The van der Waals surface area contributed by atoms with E-state index in [2.05, 4.69) is 0 Å². The second kappa shape index (κ2) is 9.54. The number of rotatable bonds is 4. The van der Waals surface area contributed by atoms with Gasteiger partial charge in [-0.15, -0.1) is 0 Å². The van der Waals surface area contributed by atoms with E-state index in [4.69, 9.17) is 5.73 Å². The van der Waals surface area contributed by atoms with Gasteiger partial charge in [0.15, 0.2) is 34.7 Å². The lowest BCUT2D eigenvalue weighted by molar-refractivity contribution is -0.192. The van der Waals surface area contributed by atoms with Crippen molar-refractivity contribution in [3.63, 3.8) is 0 Å². The van der Waals surface area contributed by atoms with E-state index in [9.17, 15) is 49.2 Å². The number of nitrogens with zero attached hydrogens (tertiary/aromatic N) is 1. The number of aliphatic hydroxyl groups is 2. The van der Waals surface area contributed by atoms with Gasteiger partial charge < -0.3 is 26.2 Å². The lowest BCUT2D eigenvalue weighted by Gasteiger charge is -2.55. The molecule has 0 aliphatic heterocycles. The van der Waals surface area contributed by atoms with Crippen molar-refractivity contribution in [3.8, 4) is 5.75 Å². The van der Waals surface area contributed by atoms with Crippen LogP contribution in [0.2, 0.25) is 0 Å². The lowest BCUT2D eigenvalue weighted by atomic mass is 9.50. The van der Waals surface area contributed by atoms with Crippen LogP contribution in [0.1, 0.15) is 31.8 Å². The van der Waals surface area contributed by atoms with Gasteiger partial charge in [0.25, 0.3) is 0 Å². The number of aromatic carboxylic acids is 1. The molecule has 0 spiro atoms. The van der Waals surface area contributed by atoms with Gasteiger partial charge in [0.2, 0.25) is 5.91 Å². The fourth-order valence-electron chi connectivity index (χ4n) is 6.61. The fraction of sp³-hybridized carbons (Fsp3) is 0.310. The van der Waals surface area contributed by atoms with E-state index >= 15 is 0 Å². The third-order valence-corrected chi connectivity index (χ3v) is 8.33. The number of aliphatic hydroxyl groups excluding tert-OH is 1. The molecule has 212 valence electrons. The fourth-order valence-corrected chi connectivity index (χ4v) is 6.61. The summed E-state index contributed by atoms with van der Waals surface area (Å²) in [6.07, 6.45) is -0.427. The first-order valence-electron chi connectivity index (χ1n) is 12.6. The Balaban J connectivity index is 1.80. The molecule has 0 saturated heterocycles. The van der Waals surface area contributed by atoms with Crippen LogP contribution in [-0.4, -0.2) is 92.2 Å². The van der Waals surface area contributed by atoms with Crippen molar-refractivity contribution in [2.75, 3.05) is 14.1 Å². The zero-order chi connectivity index (χ0) is 30.1. The summed E-state index contributed by atoms with van der Waals surface area (Å²) in [4.78, 5) is 79.7. The Morgan fingerprint density at radius 3 is 2.29 bits per heavy atom. The van der Waals surface area contributed by atoms with E-state index in [-0.39, 0.29) is 22.3 Å². The zero-order valence-corrected chi connectivity index (χ0v) is 21.8. The highest BCUT2D eigenvalue weighted by molar-refractivity contribution is 6.33. The monoisotopic (exact) mass is 562 g/mol. The number of ketones is 4. The van der Waals surface area contributed by atoms with Crippen LogP contribution in [0, 0.1) is 23.7 Å². The molecule has 2 saturated carbocycles. The number of nitrogens with two attached hydrogens (primary N) is 1. The summed E-state index contributed by atoms with van der Waals surface area (Å²) < 4.78 is 0. The molecular weight excluding hydrogens is 536 g/mol. The highest BCUT2D eigenvalue weighted by Crippen LogP contribution is 2.54. The van der Waals surface area contributed by atoms with Crippen molar-refractivity contribution >= 4 is 46.7 Å². The summed E-state index contributed by atoms with van der Waals surface area (Å²) in [5.74, 6) is -15.2. The minimum absolute atomic E-state index is 0.0674. The molecule has 5 rings (SSSR count). The van der Waals surface area contributed by atoms with E-state index in [0.717, 1.165) is 0 Å². The summed E-state index contributed by atoms with van der Waals surface area (Å²) >= 11 is 0. The summed E-state index contributed by atoms with van der Waals surface area (Å²) in [5, 5.41) is 43.7. The van der Waals surface area contributed by atoms with Crippen LogP contribution in [0.5, 0.6) is 5.75 Å². The number of aromatic hydroxyl groups is 1. The maximum absolute atomic E-state index is 14.1. The number of carboxylic acid groups (broad SMARTS) is 1. The van der Waals surface area contributed by atoms with Crippen LogP contribution < -0.4 is 5.73 Å². The summed E-state index contributed by atoms with van der Waals surface area (Å²) in [7, 11) is 2.79. The maximum atomic E-state index is 14.1. The largest absolute Gasteiger partial charge is 0.507 e. The minimum Gasteiger partial charge on any atom is -0.507 e. The Labute approximate surface area is 232 Å². The standard InChI is InChI=1S/C29H26N2O10/c1-31(2)21-20-23(34)17-14(10-11-5-3-6-12(9-11)28(39)40)13-7-4-8-15(32)16(13)22(33)18(17)25(36)29(20,41)26(37)19(24(21)35)27(30)38/h3-10,17-21,23,32,34,41H,1-2H3,(H2,30,38)(H,39,40)/b14-10+/t17-,18?,19?,20-,21+,23+,29+/m0/s1. The lowest BCUT2D eigenvalue weighted by Crippen LogP contribution is -2.77. The molecule has 12 heteroatoms. The van der Waals surface area contributed by atoms with Gasteiger partial charge in [-0.1, -0.05) is 30.3 Å². The number of Topliss-reactive ketones (excluding diaryl/α,β-unsaturated/α-hetero) is 4. The van der Waals surface area contributed by atoms with Gasteiger partial charge in [-0.25, -0.2) is 4.79 Å². The molecule has 2 unspecified atom stereocenters. The molecule has 3 aliphatic carbocycles. The quantitative estimate of drug-likeness (QED) is 0.301. The molecule has 0 bridgehead atoms. The Morgan fingerprint density at radius 2 is 1.68 bits per heavy atom. The predicted octanol–water partition coefficient (Wildman–Crippen LogP) is -0.466. The SMILES string of the molecule is CN(C)[C@H]1C(=O)C(C(N)=O)C(=O)[C@]2(O)C(=O)C3C(=O)c4c(O)cccc4/C(=C\c4cccc(C(=O)O)c4)[C@@H]3[C@@H](O)[C@H]12. The van der Waals surface area contributed by atoms with Gasteiger partial charge in [0.05, 0.1) is 35.1 Å². The Kier molecular flexibility index (Phi) is 6.52. The molecular formula is C29H26N2O10. The van der Waals surface area contributed by atoms with Gasteiger partial charge in [0, 0.05) is 5.92 Å². The maximum Gasteiger partial charge on any atom is 0.335 e. The first-order chi connectivity index (χ1) is 19.2. The highest BCUT2D eigenvalue weighted by atomic mass is 16.4. The van der Waals surface area contributed by atoms with E-state index in [1.54, 1.807) is 6.07 Å². The molecule has 12 nitrogen and oxygen atoms in total. The van der Waals surface area contributed by atoms with Gasteiger partial charge in [-0.3, -0.25) is 28.9 Å². The molecule has 0 heterocycles. The first kappa shape index (κ1) is 28.0. The number of likely N-dealkylation sites (N-methyl/N-ethyl adjacent to an activating group) is 1. The molecule has 6 N–H and O–H groups in total. The Hall–Kier alpha value is -4.52. The third-order valence-electron chi connectivity index (χ3n) is 8.33. The van der Waals surface area contributed by atoms with E-state index < -0.39 is 82.2 Å². The molecule has 7 atom stereocenters. The minimum atomic E-state index is -3.13. The number of carbonyl (C=O) groups is 6. The van der Waals surface area contributed by atoms with Crippen molar-refractivity contribution in [2.24, 2.45) is 29.4 Å².